The van der Waals surface area contributed by atoms with Crippen molar-refractivity contribution in [2.24, 2.45) is 5.92 Å². The number of hydrogen-bond donors (Lipinski definition) is 1. The summed E-state index contributed by atoms with van der Waals surface area (Å²) in [6, 6.07) is 2.18. The molecule has 2 rings (SSSR count). The number of nitriles is 1. The maximum absolute atomic E-state index is 12.2. The monoisotopic (exact) mass is 306 g/mol. The van der Waals surface area contributed by atoms with Gasteiger partial charge in [-0.25, -0.2) is 0 Å². The molecule has 5 nitrogen and oxygen atoms in total. The fourth-order valence-corrected chi connectivity index (χ4v) is 3.50. The van der Waals surface area contributed by atoms with Crippen molar-refractivity contribution in [1.29, 1.82) is 5.26 Å². The van der Waals surface area contributed by atoms with Crippen LogP contribution in [-0.2, 0) is 4.79 Å². The smallest absolute Gasteiger partial charge is 0.224 e. The molecule has 124 valence electrons. The van der Waals surface area contributed by atoms with Crippen LogP contribution in [0.5, 0.6) is 0 Å². The van der Waals surface area contributed by atoms with Gasteiger partial charge in [0.05, 0.1) is 12.0 Å². The Morgan fingerprint density at radius 3 is 2.64 bits per heavy atom. The van der Waals surface area contributed by atoms with E-state index >= 15 is 0 Å². The number of nitrogens with one attached hydrogen (secondary N) is 1. The largest absolute Gasteiger partial charge is 0.356 e. The lowest BCUT2D eigenvalue weighted by molar-refractivity contribution is -0.126. The van der Waals surface area contributed by atoms with Crippen molar-refractivity contribution in [2.75, 3.05) is 45.8 Å². The Morgan fingerprint density at radius 2 is 1.86 bits per heavy atom. The molecule has 0 aliphatic carbocycles. The van der Waals surface area contributed by atoms with Crippen LogP contribution in [-0.4, -0.2) is 61.5 Å². The fourth-order valence-electron chi connectivity index (χ4n) is 3.50. The molecule has 2 fully saturated rings. The van der Waals surface area contributed by atoms with Crippen LogP contribution in [0.4, 0.5) is 0 Å². The second kappa shape index (κ2) is 9.81. The molecule has 0 bridgehead atoms. The van der Waals surface area contributed by atoms with Crippen molar-refractivity contribution >= 4 is 5.91 Å². The summed E-state index contributed by atoms with van der Waals surface area (Å²) in [6.45, 7) is 7.15. The summed E-state index contributed by atoms with van der Waals surface area (Å²) in [5.74, 6) is 0.328. The minimum atomic E-state index is 0.117. The summed E-state index contributed by atoms with van der Waals surface area (Å²) in [7, 11) is 0. The third-order valence-corrected chi connectivity index (χ3v) is 4.82. The summed E-state index contributed by atoms with van der Waals surface area (Å²) >= 11 is 0. The van der Waals surface area contributed by atoms with Gasteiger partial charge in [0, 0.05) is 26.1 Å². The van der Waals surface area contributed by atoms with Crippen molar-refractivity contribution in [3.05, 3.63) is 0 Å². The van der Waals surface area contributed by atoms with Gasteiger partial charge in [-0.3, -0.25) is 4.79 Å². The minimum Gasteiger partial charge on any atom is -0.356 e. The Bertz CT molecular complexity index is 373. The lowest BCUT2D eigenvalue weighted by Crippen LogP contribution is -2.43. The average molecular weight is 306 g/mol. The van der Waals surface area contributed by atoms with E-state index in [2.05, 4.69) is 21.2 Å². The lowest BCUT2D eigenvalue weighted by atomic mass is 9.97. The molecule has 2 saturated heterocycles. The highest BCUT2D eigenvalue weighted by Gasteiger charge is 2.25. The molecule has 1 atom stereocenters. The molecule has 5 heteroatoms. The molecule has 1 unspecified atom stereocenters. The molecule has 22 heavy (non-hydrogen) atoms. The second-order valence-electron chi connectivity index (χ2n) is 6.59. The number of unbranched alkanes of at least 4 members (excludes halogenated alkanes) is 1. The quantitative estimate of drug-likeness (QED) is 0.692. The molecule has 0 spiro atoms. The zero-order valence-corrected chi connectivity index (χ0v) is 13.7. The van der Waals surface area contributed by atoms with E-state index in [9.17, 15) is 4.79 Å². The number of nitrogens with zero attached hydrogens (tertiary/aromatic N) is 3. The third kappa shape index (κ3) is 5.94. The van der Waals surface area contributed by atoms with E-state index in [4.69, 9.17) is 5.26 Å². The molecule has 0 saturated carbocycles. The number of piperidine rings is 1. The average Bonchev–Trinajstić information content (AvgIpc) is 3.06. The van der Waals surface area contributed by atoms with Crippen molar-refractivity contribution < 1.29 is 4.79 Å². The van der Waals surface area contributed by atoms with Crippen molar-refractivity contribution in [3.63, 3.8) is 0 Å². The Kier molecular flexibility index (Phi) is 7.68. The van der Waals surface area contributed by atoms with E-state index in [1.54, 1.807) is 0 Å². The molecular formula is C17H30N4O. The molecule has 0 aromatic rings. The Labute approximate surface area is 134 Å². The predicted molar refractivity (Wildman–Crippen MR) is 87.3 cm³/mol. The summed E-state index contributed by atoms with van der Waals surface area (Å²) in [5.41, 5.74) is 0. The first-order valence-corrected chi connectivity index (χ1v) is 8.89. The fraction of sp³-hybridized carbons (Fsp3) is 0.882. The van der Waals surface area contributed by atoms with Crippen LogP contribution >= 0.6 is 0 Å². The first-order chi connectivity index (χ1) is 10.8. The molecule has 2 aliphatic heterocycles. The molecular weight excluding hydrogens is 276 g/mol. The van der Waals surface area contributed by atoms with Gasteiger partial charge < -0.3 is 15.1 Å². The molecule has 1 amide bonds. The number of amides is 1. The molecule has 1 N–H and O–H groups in total. The maximum Gasteiger partial charge on any atom is 0.224 e. The van der Waals surface area contributed by atoms with E-state index in [0.717, 1.165) is 45.4 Å². The van der Waals surface area contributed by atoms with Crippen molar-refractivity contribution in [3.8, 4) is 6.07 Å². The lowest BCUT2D eigenvalue weighted by Gasteiger charge is -2.31. The van der Waals surface area contributed by atoms with Crippen LogP contribution in [0.3, 0.4) is 0 Å². The maximum atomic E-state index is 12.2. The Morgan fingerprint density at radius 1 is 1.09 bits per heavy atom. The van der Waals surface area contributed by atoms with Gasteiger partial charge in [0.15, 0.2) is 0 Å². The van der Waals surface area contributed by atoms with E-state index in [1.807, 2.05) is 0 Å². The zero-order valence-electron chi connectivity index (χ0n) is 13.7. The topological polar surface area (TPSA) is 59.4 Å². The standard InChI is InChI=1S/C17H30N4O/c18-8-6-14-21-13-5-7-16(15-21)17(22)19-9-1-2-10-20-11-3-4-12-20/h16H,1-7,9-15H2,(H,19,22). The van der Waals surface area contributed by atoms with Gasteiger partial charge in [0.1, 0.15) is 0 Å². The summed E-state index contributed by atoms with van der Waals surface area (Å²) in [4.78, 5) is 17.0. The van der Waals surface area contributed by atoms with Gasteiger partial charge in [0.2, 0.25) is 5.91 Å². The van der Waals surface area contributed by atoms with Gasteiger partial charge in [-0.15, -0.1) is 0 Å². The summed E-state index contributed by atoms with van der Waals surface area (Å²) in [6.07, 6.45) is 7.57. The third-order valence-electron chi connectivity index (χ3n) is 4.82. The van der Waals surface area contributed by atoms with Crippen LogP contribution in [0.2, 0.25) is 0 Å². The predicted octanol–water partition coefficient (Wildman–Crippen LogP) is 1.60. The Balaban J connectivity index is 1.55. The highest BCUT2D eigenvalue weighted by atomic mass is 16.1. The molecule has 2 aliphatic rings. The normalized spacial score (nSPS) is 23.3. The molecule has 2 heterocycles. The number of carbonyl (C=O) groups is 1. The summed E-state index contributed by atoms with van der Waals surface area (Å²) in [5, 5.41) is 11.8. The minimum absolute atomic E-state index is 0.117. The molecule has 0 aromatic carbocycles. The van der Waals surface area contributed by atoms with Gasteiger partial charge in [-0.05, 0) is 64.7 Å². The highest BCUT2D eigenvalue weighted by Crippen LogP contribution is 2.16. The first kappa shape index (κ1) is 17.2. The van der Waals surface area contributed by atoms with Crippen molar-refractivity contribution in [1.82, 2.24) is 15.1 Å². The van der Waals surface area contributed by atoms with E-state index < -0.39 is 0 Å². The van der Waals surface area contributed by atoms with Crippen LogP contribution in [0.25, 0.3) is 0 Å². The van der Waals surface area contributed by atoms with Gasteiger partial charge in [-0.2, -0.15) is 5.26 Å². The van der Waals surface area contributed by atoms with Crippen LogP contribution < -0.4 is 5.32 Å². The van der Waals surface area contributed by atoms with Gasteiger partial charge in [0.25, 0.3) is 0 Å². The molecule has 0 aromatic heterocycles. The molecule has 0 radical (unpaired) electrons. The number of rotatable bonds is 8. The number of hydrogen-bond acceptors (Lipinski definition) is 4. The second-order valence-corrected chi connectivity index (χ2v) is 6.59. The van der Waals surface area contributed by atoms with E-state index in [-0.39, 0.29) is 11.8 Å². The number of likely N-dealkylation sites (tertiary alicyclic amines) is 2. The summed E-state index contributed by atoms with van der Waals surface area (Å²) < 4.78 is 0. The van der Waals surface area contributed by atoms with Crippen LogP contribution in [0.1, 0.15) is 44.9 Å². The zero-order chi connectivity index (χ0) is 15.6. The van der Waals surface area contributed by atoms with Crippen molar-refractivity contribution in [2.45, 2.75) is 44.9 Å². The van der Waals surface area contributed by atoms with Gasteiger partial charge in [-0.1, -0.05) is 0 Å². The first-order valence-electron chi connectivity index (χ1n) is 8.89. The van der Waals surface area contributed by atoms with E-state index in [0.29, 0.717) is 6.42 Å². The van der Waals surface area contributed by atoms with Crippen LogP contribution in [0, 0.1) is 17.2 Å². The number of carbonyl (C=O) groups excluding carboxylic acids is 1. The van der Waals surface area contributed by atoms with Gasteiger partial charge >= 0.3 is 0 Å². The van der Waals surface area contributed by atoms with E-state index in [1.165, 1.54) is 38.9 Å². The Hall–Kier alpha value is -1.12. The van der Waals surface area contributed by atoms with Crippen LogP contribution in [0.15, 0.2) is 0 Å². The highest BCUT2D eigenvalue weighted by molar-refractivity contribution is 5.78. The SMILES string of the molecule is N#CCCN1CCCC(C(=O)NCCCCN2CCCC2)C1.